The minimum Gasteiger partial charge on any atom is -0.480 e. The van der Waals surface area contributed by atoms with Crippen molar-refractivity contribution in [3.8, 4) is 0 Å². The van der Waals surface area contributed by atoms with Crippen molar-refractivity contribution in [2.75, 3.05) is 32.7 Å². The number of carboxylic acids is 1. The second-order valence-corrected chi connectivity index (χ2v) is 4.65. The molecule has 2 amide bonds. The smallest absolute Gasteiger partial charge is 0.326 e. The van der Waals surface area contributed by atoms with Crippen LogP contribution in [0.3, 0.4) is 0 Å². The van der Waals surface area contributed by atoms with Crippen LogP contribution in [0.4, 0.5) is 4.79 Å². The summed E-state index contributed by atoms with van der Waals surface area (Å²) < 4.78 is 0. The van der Waals surface area contributed by atoms with Crippen LogP contribution < -0.4 is 5.32 Å². The lowest BCUT2D eigenvalue weighted by molar-refractivity contribution is -0.141. The summed E-state index contributed by atoms with van der Waals surface area (Å²) in [4.78, 5) is 26.2. The fourth-order valence-electron chi connectivity index (χ4n) is 2.23. The molecule has 0 aromatic carbocycles. The number of nitrogens with zero attached hydrogens (tertiary/aromatic N) is 2. The molecule has 0 bridgehead atoms. The maximum absolute atomic E-state index is 11.9. The molecule has 19 heavy (non-hydrogen) atoms. The number of β-amino-alcohol motifs (C(OH)–C–C–N with tert-alkyl or cyclic N) is 1. The van der Waals surface area contributed by atoms with E-state index in [0.717, 1.165) is 19.6 Å². The first kappa shape index (κ1) is 15.7. The van der Waals surface area contributed by atoms with E-state index >= 15 is 0 Å². The van der Waals surface area contributed by atoms with Gasteiger partial charge >= 0.3 is 12.0 Å². The van der Waals surface area contributed by atoms with E-state index in [2.05, 4.69) is 10.2 Å². The van der Waals surface area contributed by atoms with Crippen molar-refractivity contribution >= 4 is 12.0 Å². The van der Waals surface area contributed by atoms with Crippen LogP contribution in [-0.4, -0.2) is 76.9 Å². The zero-order valence-electron chi connectivity index (χ0n) is 11.5. The van der Waals surface area contributed by atoms with E-state index in [4.69, 9.17) is 5.11 Å². The van der Waals surface area contributed by atoms with E-state index < -0.39 is 24.1 Å². The lowest BCUT2D eigenvalue weighted by Gasteiger charge is -2.23. The van der Waals surface area contributed by atoms with E-state index in [0.29, 0.717) is 6.54 Å². The zero-order chi connectivity index (χ0) is 14.4. The number of nitrogens with one attached hydrogen (secondary N) is 1. The minimum atomic E-state index is -1.07. The molecule has 0 aromatic heterocycles. The molecule has 1 aliphatic heterocycles. The molecular formula is C12H23N3O4. The maximum Gasteiger partial charge on any atom is 0.326 e. The van der Waals surface area contributed by atoms with Crippen molar-refractivity contribution in [3.05, 3.63) is 0 Å². The Labute approximate surface area is 113 Å². The highest BCUT2D eigenvalue weighted by atomic mass is 16.4. The number of rotatable bonds is 6. The summed E-state index contributed by atoms with van der Waals surface area (Å²) in [6, 6.07) is -1.35. The first-order valence-corrected chi connectivity index (χ1v) is 6.67. The SMILES string of the molecule is CCN(CC)CCNC(=O)N1C[C@@H](O)C[C@H]1C(=O)O. The van der Waals surface area contributed by atoms with Crippen molar-refractivity contribution < 1.29 is 19.8 Å². The summed E-state index contributed by atoms with van der Waals surface area (Å²) in [6.45, 7) is 7.19. The quantitative estimate of drug-likeness (QED) is 0.610. The Morgan fingerprint density at radius 1 is 1.37 bits per heavy atom. The summed E-state index contributed by atoms with van der Waals surface area (Å²) in [5.41, 5.74) is 0. The van der Waals surface area contributed by atoms with E-state index in [9.17, 15) is 14.7 Å². The van der Waals surface area contributed by atoms with Crippen LogP contribution in [0, 0.1) is 0 Å². The highest BCUT2D eigenvalue weighted by molar-refractivity contribution is 5.83. The average molecular weight is 273 g/mol. The van der Waals surface area contributed by atoms with Gasteiger partial charge in [0.1, 0.15) is 6.04 Å². The van der Waals surface area contributed by atoms with Gasteiger partial charge in [0.2, 0.25) is 0 Å². The molecule has 0 aromatic rings. The van der Waals surface area contributed by atoms with Crippen molar-refractivity contribution in [1.82, 2.24) is 15.1 Å². The second-order valence-electron chi connectivity index (χ2n) is 4.65. The van der Waals surface area contributed by atoms with Gasteiger partial charge in [0, 0.05) is 26.1 Å². The molecule has 110 valence electrons. The molecule has 1 heterocycles. The van der Waals surface area contributed by atoms with Gasteiger partial charge in [0.05, 0.1) is 6.10 Å². The molecule has 0 saturated carbocycles. The van der Waals surface area contributed by atoms with Gasteiger partial charge in [-0.1, -0.05) is 13.8 Å². The molecule has 0 aliphatic carbocycles. The number of carbonyl (C=O) groups excluding carboxylic acids is 1. The number of aliphatic carboxylic acids is 1. The average Bonchev–Trinajstić information content (AvgIpc) is 2.77. The monoisotopic (exact) mass is 273 g/mol. The number of hydrogen-bond acceptors (Lipinski definition) is 4. The van der Waals surface area contributed by atoms with Gasteiger partial charge < -0.3 is 25.3 Å². The molecule has 7 heteroatoms. The third-order valence-corrected chi connectivity index (χ3v) is 3.42. The standard InChI is InChI=1S/C12H23N3O4/c1-3-14(4-2)6-5-13-12(19)15-8-9(16)7-10(15)11(17)18/h9-10,16H,3-8H2,1-2H3,(H,13,19)(H,17,18)/t9-,10-/m0/s1. The van der Waals surface area contributed by atoms with Crippen LogP contribution >= 0.6 is 0 Å². The Balaban J connectivity index is 2.42. The highest BCUT2D eigenvalue weighted by Crippen LogP contribution is 2.17. The summed E-state index contributed by atoms with van der Waals surface area (Å²) >= 11 is 0. The van der Waals surface area contributed by atoms with Gasteiger partial charge in [-0.15, -0.1) is 0 Å². The predicted octanol–water partition coefficient (Wildman–Crippen LogP) is -0.442. The number of amides is 2. The Morgan fingerprint density at radius 3 is 2.53 bits per heavy atom. The number of aliphatic hydroxyl groups is 1. The Kier molecular flexibility index (Phi) is 6.04. The van der Waals surface area contributed by atoms with Crippen LogP contribution in [0.2, 0.25) is 0 Å². The third kappa shape index (κ3) is 4.36. The number of carbonyl (C=O) groups is 2. The maximum atomic E-state index is 11.9. The molecule has 1 fully saturated rings. The number of aliphatic hydroxyl groups excluding tert-OH is 1. The first-order valence-electron chi connectivity index (χ1n) is 6.67. The highest BCUT2D eigenvalue weighted by Gasteiger charge is 2.38. The van der Waals surface area contributed by atoms with Gasteiger partial charge in [0.15, 0.2) is 0 Å². The summed E-state index contributed by atoms with van der Waals surface area (Å²) in [5, 5.41) is 21.2. The van der Waals surface area contributed by atoms with Crippen LogP contribution in [-0.2, 0) is 4.79 Å². The van der Waals surface area contributed by atoms with Gasteiger partial charge in [-0.3, -0.25) is 0 Å². The lowest BCUT2D eigenvalue weighted by atomic mass is 10.2. The van der Waals surface area contributed by atoms with Crippen LogP contribution in [0.1, 0.15) is 20.3 Å². The summed E-state index contributed by atoms with van der Waals surface area (Å²) in [5.74, 6) is -1.07. The second kappa shape index (κ2) is 7.30. The largest absolute Gasteiger partial charge is 0.480 e. The number of urea groups is 1. The summed E-state index contributed by atoms with van der Waals surface area (Å²) in [7, 11) is 0. The number of likely N-dealkylation sites (N-methyl/N-ethyl adjacent to an activating group) is 1. The van der Waals surface area contributed by atoms with E-state index in [-0.39, 0.29) is 13.0 Å². The van der Waals surface area contributed by atoms with Crippen LogP contribution in [0.15, 0.2) is 0 Å². The fourth-order valence-corrected chi connectivity index (χ4v) is 2.23. The van der Waals surface area contributed by atoms with Gasteiger partial charge in [0.25, 0.3) is 0 Å². The molecule has 7 nitrogen and oxygen atoms in total. The molecule has 2 atom stereocenters. The lowest BCUT2D eigenvalue weighted by Crippen LogP contribution is -2.47. The predicted molar refractivity (Wildman–Crippen MR) is 69.9 cm³/mol. The van der Waals surface area contributed by atoms with E-state index in [1.54, 1.807) is 0 Å². The van der Waals surface area contributed by atoms with Crippen molar-refractivity contribution in [2.24, 2.45) is 0 Å². The van der Waals surface area contributed by atoms with E-state index in [1.165, 1.54) is 4.90 Å². The topological polar surface area (TPSA) is 93.1 Å². The molecule has 3 N–H and O–H groups in total. The first-order chi connectivity index (χ1) is 8.99. The fraction of sp³-hybridized carbons (Fsp3) is 0.833. The van der Waals surface area contributed by atoms with E-state index in [1.807, 2.05) is 13.8 Å². The third-order valence-electron chi connectivity index (χ3n) is 3.42. The van der Waals surface area contributed by atoms with Gasteiger partial charge in [-0.25, -0.2) is 9.59 Å². The Morgan fingerprint density at radius 2 is 2.00 bits per heavy atom. The molecular weight excluding hydrogens is 250 g/mol. The van der Waals surface area contributed by atoms with Crippen molar-refractivity contribution in [3.63, 3.8) is 0 Å². The van der Waals surface area contributed by atoms with Gasteiger partial charge in [-0.2, -0.15) is 0 Å². The summed E-state index contributed by atoms with van der Waals surface area (Å²) in [6.07, 6.45) is -0.659. The molecule has 1 aliphatic rings. The number of hydrogen-bond donors (Lipinski definition) is 3. The van der Waals surface area contributed by atoms with Crippen molar-refractivity contribution in [1.29, 1.82) is 0 Å². The molecule has 0 unspecified atom stereocenters. The van der Waals surface area contributed by atoms with Gasteiger partial charge in [-0.05, 0) is 13.1 Å². The Hall–Kier alpha value is -1.34. The number of likely N-dealkylation sites (tertiary alicyclic amines) is 1. The molecule has 1 rings (SSSR count). The minimum absolute atomic E-state index is 0.0775. The molecule has 0 spiro atoms. The number of carboxylic acid groups (broad SMARTS) is 1. The zero-order valence-corrected chi connectivity index (χ0v) is 11.5. The normalized spacial score (nSPS) is 22.8. The molecule has 1 saturated heterocycles. The van der Waals surface area contributed by atoms with Crippen molar-refractivity contribution in [2.45, 2.75) is 32.4 Å². The Bertz CT molecular complexity index is 320. The van der Waals surface area contributed by atoms with Crippen LogP contribution in [0.5, 0.6) is 0 Å². The van der Waals surface area contributed by atoms with Crippen LogP contribution in [0.25, 0.3) is 0 Å². The molecule has 0 radical (unpaired) electrons.